The highest BCUT2D eigenvalue weighted by atomic mass is 16.5. The molecule has 15 heavy (non-hydrogen) atoms. The van der Waals surface area contributed by atoms with Crippen LogP contribution in [0.4, 0.5) is 0 Å². The molecule has 1 aliphatic heterocycles. The van der Waals surface area contributed by atoms with E-state index in [0.29, 0.717) is 6.04 Å². The Balaban J connectivity index is 1.82. The Morgan fingerprint density at radius 2 is 2.27 bits per heavy atom. The Labute approximate surface area is 89.6 Å². The van der Waals surface area contributed by atoms with Crippen molar-refractivity contribution in [2.75, 3.05) is 26.2 Å². The minimum Gasteiger partial charge on any atom is -0.361 e. The van der Waals surface area contributed by atoms with Gasteiger partial charge in [-0.1, -0.05) is 5.16 Å². The van der Waals surface area contributed by atoms with Crippen LogP contribution in [0, 0.1) is 0 Å². The smallest absolute Gasteiger partial charge is 0.141 e. The van der Waals surface area contributed by atoms with E-state index in [1.165, 1.54) is 18.4 Å². The first kappa shape index (κ1) is 9.36. The predicted octanol–water partition coefficient (Wildman–Crippen LogP) is 0.957. The van der Waals surface area contributed by atoms with E-state index in [1.807, 2.05) is 6.20 Å². The summed E-state index contributed by atoms with van der Waals surface area (Å²) in [5, 5.41) is 7.32. The lowest BCUT2D eigenvalue weighted by Gasteiger charge is -2.36. The van der Waals surface area contributed by atoms with E-state index in [2.05, 4.69) is 15.4 Å². The van der Waals surface area contributed by atoms with Gasteiger partial charge in [0.25, 0.3) is 0 Å². The van der Waals surface area contributed by atoms with Crippen molar-refractivity contribution in [2.24, 2.45) is 0 Å². The molecule has 0 amide bonds. The van der Waals surface area contributed by atoms with Crippen LogP contribution in [0.5, 0.6) is 0 Å². The number of hydrogen-bond donors (Lipinski definition) is 1. The van der Waals surface area contributed by atoms with Crippen LogP contribution < -0.4 is 5.32 Å². The van der Waals surface area contributed by atoms with Crippen LogP contribution >= 0.6 is 0 Å². The fraction of sp³-hybridized carbons (Fsp3) is 0.727. The highest BCUT2D eigenvalue weighted by Crippen LogP contribution is 2.33. The van der Waals surface area contributed by atoms with Crippen LogP contribution in [0.15, 0.2) is 10.7 Å². The average molecular weight is 207 g/mol. The molecule has 4 nitrogen and oxygen atoms in total. The maximum atomic E-state index is 5.28. The molecule has 1 N–H and O–H groups in total. The molecule has 1 atom stereocenters. The van der Waals surface area contributed by atoms with Crippen molar-refractivity contribution in [3.8, 4) is 0 Å². The van der Waals surface area contributed by atoms with Gasteiger partial charge in [-0.25, -0.2) is 0 Å². The van der Waals surface area contributed by atoms with Crippen molar-refractivity contribution >= 4 is 0 Å². The molecule has 1 unspecified atom stereocenters. The van der Waals surface area contributed by atoms with Crippen molar-refractivity contribution in [2.45, 2.75) is 25.3 Å². The lowest BCUT2D eigenvalue weighted by atomic mass is 9.92. The number of hydrogen-bond acceptors (Lipinski definition) is 4. The summed E-state index contributed by atoms with van der Waals surface area (Å²) in [6.07, 6.45) is 5.48. The zero-order valence-electron chi connectivity index (χ0n) is 8.91. The van der Waals surface area contributed by atoms with Gasteiger partial charge in [0, 0.05) is 44.2 Å². The molecule has 3 rings (SSSR count). The van der Waals surface area contributed by atoms with Crippen molar-refractivity contribution in [3.05, 3.63) is 17.5 Å². The van der Waals surface area contributed by atoms with Crippen LogP contribution in [-0.2, 0) is 6.42 Å². The molecule has 0 bridgehead atoms. The van der Waals surface area contributed by atoms with E-state index in [9.17, 15) is 0 Å². The molecule has 1 aromatic rings. The van der Waals surface area contributed by atoms with Gasteiger partial charge < -0.3 is 9.84 Å². The van der Waals surface area contributed by atoms with Gasteiger partial charge in [0.15, 0.2) is 0 Å². The molecule has 2 heterocycles. The first-order chi connectivity index (χ1) is 7.45. The Hall–Kier alpha value is -0.870. The molecular formula is C11H17N3O. The summed E-state index contributed by atoms with van der Waals surface area (Å²) in [6, 6.07) is 0.558. The van der Waals surface area contributed by atoms with Crippen LogP contribution in [0.3, 0.4) is 0 Å². The largest absolute Gasteiger partial charge is 0.361 e. The molecule has 1 fully saturated rings. The highest BCUT2D eigenvalue weighted by Gasteiger charge is 2.29. The van der Waals surface area contributed by atoms with Crippen LogP contribution in [-0.4, -0.2) is 36.2 Å². The normalized spacial score (nSPS) is 27.6. The Kier molecular flexibility index (Phi) is 2.46. The Morgan fingerprint density at radius 1 is 1.40 bits per heavy atom. The lowest BCUT2D eigenvalue weighted by molar-refractivity contribution is 0.154. The maximum absolute atomic E-state index is 5.28. The molecule has 0 aromatic carbocycles. The van der Waals surface area contributed by atoms with Crippen LogP contribution in [0.1, 0.15) is 30.2 Å². The molecule has 82 valence electrons. The van der Waals surface area contributed by atoms with E-state index in [-0.39, 0.29) is 0 Å². The second-order valence-electron chi connectivity index (χ2n) is 4.40. The van der Waals surface area contributed by atoms with Gasteiger partial charge in [-0.2, -0.15) is 0 Å². The first-order valence-electron chi connectivity index (χ1n) is 5.83. The van der Waals surface area contributed by atoms with Gasteiger partial charge >= 0.3 is 0 Å². The zero-order chi connectivity index (χ0) is 10.1. The predicted molar refractivity (Wildman–Crippen MR) is 56.6 cm³/mol. The molecular weight excluding hydrogens is 190 g/mol. The van der Waals surface area contributed by atoms with Crippen molar-refractivity contribution in [1.82, 2.24) is 15.4 Å². The van der Waals surface area contributed by atoms with Gasteiger partial charge in [0.1, 0.15) is 5.76 Å². The summed E-state index contributed by atoms with van der Waals surface area (Å²) >= 11 is 0. The van der Waals surface area contributed by atoms with E-state index in [0.717, 1.165) is 38.4 Å². The average Bonchev–Trinajstić information content (AvgIpc) is 2.78. The lowest BCUT2D eigenvalue weighted by Crippen LogP contribution is -2.45. The van der Waals surface area contributed by atoms with E-state index < -0.39 is 0 Å². The van der Waals surface area contributed by atoms with Crippen LogP contribution in [0.25, 0.3) is 0 Å². The minimum absolute atomic E-state index is 0.558. The molecule has 1 saturated heterocycles. The number of aryl methyl sites for hydroxylation is 1. The third-order valence-corrected chi connectivity index (χ3v) is 3.51. The number of rotatable bonds is 1. The summed E-state index contributed by atoms with van der Waals surface area (Å²) in [5.74, 6) is 1.12. The number of nitrogens with zero attached hydrogens (tertiary/aromatic N) is 2. The van der Waals surface area contributed by atoms with E-state index in [1.54, 1.807) is 0 Å². The van der Waals surface area contributed by atoms with Gasteiger partial charge in [-0.3, -0.25) is 4.90 Å². The van der Waals surface area contributed by atoms with E-state index >= 15 is 0 Å². The monoisotopic (exact) mass is 207 g/mol. The molecule has 2 aliphatic rings. The molecule has 0 saturated carbocycles. The summed E-state index contributed by atoms with van der Waals surface area (Å²) in [5.41, 5.74) is 1.34. The van der Waals surface area contributed by atoms with Gasteiger partial charge in [0.2, 0.25) is 0 Å². The first-order valence-corrected chi connectivity index (χ1v) is 5.83. The summed E-state index contributed by atoms with van der Waals surface area (Å²) in [6.45, 7) is 4.51. The van der Waals surface area contributed by atoms with Gasteiger partial charge in [0.05, 0.1) is 6.20 Å². The minimum atomic E-state index is 0.558. The fourth-order valence-corrected chi connectivity index (χ4v) is 2.72. The van der Waals surface area contributed by atoms with E-state index in [4.69, 9.17) is 4.52 Å². The number of nitrogens with one attached hydrogen (secondary N) is 1. The zero-order valence-corrected chi connectivity index (χ0v) is 8.91. The van der Waals surface area contributed by atoms with Crippen molar-refractivity contribution in [1.29, 1.82) is 0 Å². The molecule has 0 radical (unpaired) electrons. The summed E-state index contributed by atoms with van der Waals surface area (Å²) < 4.78 is 5.28. The summed E-state index contributed by atoms with van der Waals surface area (Å²) in [7, 11) is 0. The van der Waals surface area contributed by atoms with Crippen LogP contribution in [0.2, 0.25) is 0 Å². The number of fused-ring (bicyclic) bond motifs is 1. The molecule has 1 aromatic heterocycles. The second kappa shape index (κ2) is 3.94. The third kappa shape index (κ3) is 1.68. The topological polar surface area (TPSA) is 41.3 Å². The number of aromatic nitrogens is 1. The van der Waals surface area contributed by atoms with Gasteiger partial charge in [-0.15, -0.1) is 0 Å². The van der Waals surface area contributed by atoms with Gasteiger partial charge in [-0.05, 0) is 12.8 Å². The number of piperazine rings is 1. The maximum Gasteiger partial charge on any atom is 0.141 e. The highest BCUT2D eigenvalue weighted by molar-refractivity contribution is 5.21. The Bertz CT molecular complexity index is 330. The Morgan fingerprint density at radius 3 is 3.13 bits per heavy atom. The fourth-order valence-electron chi connectivity index (χ4n) is 2.72. The third-order valence-electron chi connectivity index (χ3n) is 3.51. The van der Waals surface area contributed by atoms with Crippen molar-refractivity contribution < 1.29 is 4.52 Å². The summed E-state index contributed by atoms with van der Waals surface area (Å²) in [4.78, 5) is 2.56. The SMILES string of the molecule is c1noc2c1C(N1CCNCC1)CCC2. The molecule has 4 heteroatoms. The molecule has 1 aliphatic carbocycles. The quantitative estimate of drug-likeness (QED) is 0.744. The standard InChI is InChI=1S/C11H17N3O/c1-2-10(14-6-4-12-5-7-14)9-8-13-15-11(9)3-1/h8,10,12H,1-7H2. The van der Waals surface area contributed by atoms with Crippen molar-refractivity contribution in [3.63, 3.8) is 0 Å². The second-order valence-corrected chi connectivity index (χ2v) is 4.40. The molecule has 0 spiro atoms.